The van der Waals surface area contributed by atoms with Gasteiger partial charge >= 0.3 is 34.1 Å². The molecule has 0 rings (SSSR count). The third-order valence-electron chi connectivity index (χ3n) is 0.136. The fourth-order valence-electron chi connectivity index (χ4n) is 0. The summed E-state index contributed by atoms with van der Waals surface area (Å²) in [5, 5.41) is 37.5. The molecule has 0 saturated carbocycles. The third kappa shape index (κ3) is 1910. The minimum Gasteiger partial charge on any atom is -0.512 e. The SMILES string of the molecule is N[CH-]CN.[C-]#N.[C-]#N.[C-]#N.[C-]#N.[C-]#N.[C-]#N.[Cu+].[Fe+6]. The molecule has 0 amide bonds. The van der Waals surface area contributed by atoms with E-state index in [2.05, 4.69) is 0 Å². The van der Waals surface area contributed by atoms with Crippen LogP contribution in [0.15, 0.2) is 0 Å². The van der Waals surface area contributed by atoms with Gasteiger partial charge in [0.15, 0.2) is 0 Å². The first-order valence-electron chi connectivity index (χ1n) is 2.49. The van der Waals surface area contributed by atoms with Crippen LogP contribution in [0.2, 0.25) is 0 Å². The van der Waals surface area contributed by atoms with E-state index in [1.165, 1.54) is 6.54 Å². The third-order valence-corrected chi connectivity index (χ3v) is 0.136. The van der Waals surface area contributed by atoms with E-state index in [-0.39, 0.29) is 34.1 Å². The van der Waals surface area contributed by atoms with E-state index in [4.69, 9.17) is 82.5 Å². The van der Waals surface area contributed by atoms with Gasteiger partial charge in [0.2, 0.25) is 0 Å². The van der Waals surface area contributed by atoms with Gasteiger partial charge in [-0.3, -0.25) is 6.54 Å². The van der Waals surface area contributed by atoms with Crippen molar-refractivity contribution in [3.8, 4) is 0 Å². The Morgan fingerprint density at radius 3 is 0.722 bits per heavy atom. The van der Waals surface area contributed by atoms with Crippen LogP contribution in [0.3, 0.4) is 0 Å². The molecule has 4 N–H and O–H groups in total. The molecule has 0 unspecified atom stereocenters. The Morgan fingerprint density at radius 2 is 0.722 bits per heavy atom. The van der Waals surface area contributed by atoms with E-state index in [9.17, 15) is 0 Å². The van der Waals surface area contributed by atoms with Crippen molar-refractivity contribution in [1.29, 1.82) is 31.6 Å². The summed E-state index contributed by atoms with van der Waals surface area (Å²) in [6.07, 6.45) is 0. The zero-order valence-corrected chi connectivity index (χ0v) is 10.8. The topological polar surface area (TPSA) is 195 Å². The fraction of sp³-hybridized carbons (Fsp3) is 0.125. The maximum atomic E-state index is 6.25. The van der Waals surface area contributed by atoms with Crippen molar-refractivity contribution >= 4 is 0 Å². The minimum atomic E-state index is 0. The molecule has 98 valence electrons. The zero-order valence-electron chi connectivity index (χ0n) is 8.78. The molecule has 0 atom stereocenters. The van der Waals surface area contributed by atoms with Crippen LogP contribution >= 0.6 is 0 Å². The van der Waals surface area contributed by atoms with Gasteiger partial charge in [0.25, 0.3) is 0 Å². The average Bonchev–Trinajstić information content (AvgIpc) is 2.51. The van der Waals surface area contributed by atoms with Crippen molar-refractivity contribution in [1.82, 2.24) is 0 Å². The van der Waals surface area contributed by atoms with Crippen LogP contribution in [0.5, 0.6) is 0 Å². The molecule has 0 radical (unpaired) electrons. The average molecular weight is 335 g/mol. The van der Waals surface area contributed by atoms with Gasteiger partial charge in [-0.2, -0.15) is 0 Å². The molecule has 0 aliphatic carbocycles. The van der Waals surface area contributed by atoms with Crippen molar-refractivity contribution in [2.75, 3.05) is 6.54 Å². The summed E-state index contributed by atoms with van der Waals surface area (Å²) < 4.78 is 0. The molecule has 0 aromatic carbocycles. The Hall–Kier alpha value is -2.10. The van der Waals surface area contributed by atoms with E-state index in [1.54, 1.807) is 0 Å². The van der Waals surface area contributed by atoms with Crippen molar-refractivity contribution in [3.63, 3.8) is 0 Å². The fourth-order valence-corrected chi connectivity index (χ4v) is 0. The standard InChI is InChI=1S/C2H7N2.6CN.Cu.Fe/c3-1-2-4;6*1-2;;/h1H,2-4H2;;;;;;;;/q7*-1;+1;+6. The molecule has 0 aliphatic heterocycles. The second-order valence-corrected chi connectivity index (χ2v) is 0.471. The Morgan fingerprint density at radius 1 is 0.667 bits per heavy atom. The van der Waals surface area contributed by atoms with E-state index in [0.29, 0.717) is 6.54 Å². The first-order valence-corrected chi connectivity index (χ1v) is 2.49. The summed E-state index contributed by atoms with van der Waals surface area (Å²) in [6.45, 7) is 30.4. The van der Waals surface area contributed by atoms with Crippen LogP contribution < -0.4 is 11.5 Å². The van der Waals surface area contributed by atoms with Gasteiger partial charge in [0.05, 0.1) is 0 Å². The maximum Gasteiger partial charge on any atom is 6.00 e. The molecule has 0 fully saturated rings. The second-order valence-electron chi connectivity index (χ2n) is 0.471. The van der Waals surface area contributed by atoms with E-state index in [1.807, 2.05) is 0 Å². The van der Waals surface area contributed by atoms with Crippen molar-refractivity contribution < 1.29 is 34.1 Å². The largest absolute Gasteiger partial charge is 6.00 e. The Kier molecular flexibility index (Phi) is 1160000. The zero-order chi connectivity index (χ0) is 15.4. The Balaban J connectivity index is -0.00000000758. The summed E-state index contributed by atoms with van der Waals surface area (Å²) in [5.41, 5.74) is 9.62. The molecule has 0 spiro atoms. The number of hydrogen-bond donors (Lipinski definition) is 2. The van der Waals surface area contributed by atoms with E-state index < -0.39 is 0 Å². The molecule has 0 heterocycles. The van der Waals surface area contributed by atoms with Gasteiger partial charge in [-0.25, -0.2) is 0 Å². The van der Waals surface area contributed by atoms with E-state index in [0.717, 1.165) is 0 Å². The molecule has 8 nitrogen and oxygen atoms in total. The van der Waals surface area contributed by atoms with Gasteiger partial charge in [-0.15, -0.1) is 6.54 Å². The molecular weight excluding hydrogens is 328 g/mol. The van der Waals surface area contributed by atoms with Gasteiger partial charge < -0.3 is 82.5 Å². The molecule has 18 heavy (non-hydrogen) atoms. The molecule has 0 aromatic heterocycles. The smallest absolute Gasteiger partial charge is 0.512 e. The number of rotatable bonds is 1. The van der Waals surface area contributed by atoms with Crippen molar-refractivity contribution in [3.05, 3.63) is 46.0 Å². The van der Waals surface area contributed by atoms with Crippen molar-refractivity contribution in [2.24, 2.45) is 11.5 Å². The maximum absolute atomic E-state index is 6.25. The Bertz CT molecular complexity index is 123. The second kappa shape index (κ2) is 282000. The number of nitrogens with zero attached hydrogens (tertiary/aromatic N) is 6. The molecule has 0 saturated heterocycles. The van der Waals surface area contributed by atoms with Crippen LogP contribution in [-0.2, 0) is 34.1 Å². The molecule has 0 aliphatic rings. The quantitative estimate of drug-likeness (QED) is 0.478. The molecular formula is C8H7CuFeN8. The van der Waals surface area contributed by atoms with Gasteiger partial charge in [-0.05, 0) is 0 Å². The molecule has 0 aromatic rings. The monoisotopic (exact) mass is 334 g/mol. The van der Waals surface area contributed by atoms with Crippen LogP contribution in [0.4, 0.5) is 0 Å². The minimum absolute atomic E-state index is 0. The van der Waals surface area contributed by atoms with E-state index >= 15 is 0 Å². The van der Waals surface area contributed by atoms with Crippen molar-refractivity contribution in [2.45, 2.75) is 0 Å². The first kappa shape index (κ1) is 74.2. The summed E-state index contributed by atoms with van der Waals surface area (Å²) >= 11 is 0. The number of nitrogens with two attached hydrogens (primary N) is 2. The summed E-state index contributed by atoms with van der Waals surface area (Å²) in [4.78, 5) is 0. The predicted octanol–water partition coefficient (Wildman–Crippen LogP) is -0.361. The first-order chi connectivity index (χ1) is 7.91. The van der Waals surface area contributed by atoms with Gasteiger partial charge in [0.1, 0.15) is 0 Å². The Labute approximate surface area is 130 Å². The number of hydrogen-bond acceptors (Lipinski definition) is 8. The predicted molar refractivity (Wildman–Crippen MR) is 47.3 cm³/mol. The van der Waals surface area contributed by atoms with Crippen LogP contribution in [0, 0.1) is 77.5 Å². The van der Waals surface area contributed by atoms with Crippen LogP contribution in [0.1, 0.15) is 0 Å². The summed E-state index contributed by atoms with van der Waals surface area (Å²) in [7, 11) is 0. The molecule has 0 bridgehead atoms. The van der Waals surface area contributed by atoms with Crippen LogP contribution in [-0.4, -0.2) is 6.54 Å². The van der Waals surface area contributed by atoms with Gasteiger partial charge in [0, 0.05) is 0 Å². The normalized spacial score (nSPS) is 2.33. The summed E-state index contributed by atoms with van der Waals surface area (Å²) in [6, 6.07) is 0. The summed E-state index contributed by atoms with van der Waals surface area (Å²) in [5.74, 6) is 0. The van der Waals surface area contributed by atoms with Crippen LogP contribution in [0.25, 0.3) is 0 Å². The molecule has 10 heteroatoms. The van der Waals surface area contributed by atoms with Gasteiger partial charge in [-0.1, -0.05) is 0 Å².